The third-order valence-electron chi connectivity index (χ3n) is 6.97. The van der Waals surface area contributed by atoms with Crippen LogP contribution in [0.15, 0.2) is 54.6 Å². The summed E-state index contributed by atoms with van der Waals surface area (Å²) >= 11 is 0. The van der Waals surface area contributed by atoms with Crippen LogP contribution in [0.3, 0.4) is 0 Å². The minimum Gasteiger partial charge on any atom is -0.352 e. The molecule has 2 aromatic rings. The van der Waals surface area contributed by atoms with Gasteiger partial charge in [0.2, 0.25) is 5.91 Å². The van der Waals surface area contributed by atoms with Crippen LogP contribution < -0.4 is 5.32 Å². The molecule has 0 aromatic heterocycles. The van der Waals surface area contributed by atoms with Crippen molar-refractivity contribution in [2.24, 2.45) is 0 Å². The highest BCUT2D eigenvalue weighted by atomic mass is 16.2. The molecule has 0 atom stereocenters. The number of hydrogen-bond donors (Lipinski definition) is 1. The van der Waals surface area contributed by atoms with E-state index in [9.17, 15) is 14.4 Å². The normalized spacial score (nSPS) is 15.1. The molecule has 3 rings (SSSR count). The number of Topliss-reactive ketones (excluding diaryl/α,β-unsaturated/α-hetero) is 1. The van der Waals surface area contributed by atoms with Gasteiger partial charge in [-0.2, -0.15) is 0 Å². The fourth-order valence-electron chi connectivity index (χ4n) is 4.84. The lowest BCUT2D eigenvalue weighted by Crippen LogP contribution is -2.49. The van der Waals surface area contributed by atoms with Crippen LogP contribution >= 0.6 is 0 Å². The van der Waals surface area contributed by atoms with Crippen LogP contribution in [0.4, 0.5) is 0 Å². The van der Waals surface area contributed by atoms with Crippen LogP contribution in [0.2, 0.25) is 0 Å². The first-order valence-corrected chi connectivity index (χ1v) is 12.7. The summed E-state index contributed by atoms with van der Waals surface area (Å²) in [6.45, 7) is 5.64. The quantitative estimate of drug-likeness (QED) is 0.506. The van der Waals surface area contributed by atoms with Crippen molar-refractivity contribution in [2.45, 2.75) is 70.6 Å². The molecule has 1 saturated heterocycles. The van der Waals surface area contributed by atoms with Gasteiger partial charge in [0.05, 0.1) is 5.41 Å². The lowest BCUT2D eigenvalue weighted by Gasteiger charge is -2.41. The van der Waals surface area contributed by atoms with Crippen molar-refractivity contribution in [1.82, 2.24) is 10.2 Å². The summed E-state index contributed by atoms with van der Waals surface area (Å²) in [6.07, 6.45) is 6.28. The first kappa shape index (κ1) is 25.7. The third-order valence-corrected chi connectivity index (χ3v) is 6.97. The summed E-state index contributed by atoms with van der Waals surface area (Å²) in [5.41, 5.74) is 2.43. The topological polar surface area (TPSA) is 66.5 Å². The van der Waals surface area contributed by atoms with Crippen molar-refractivity contribution in [2.75, 3.05) is 19.6 Å². The van der Waals surface area contributed by atoms with E-state index >= 15 is 0 Å². The zero-order chi connectivity index (χ0) is 24.4. The van der Waals surface area contributed by atoms with E-state index < -0.39 is 5.41 Å². The van der Waals surface area contributed by atoms with Crippen molar-refractivity contribution in [3.8, 4) is 0 Å². The van der Waals surface area contributed by atoms with E-state index in [4.69, 9.17) is 0 Å². The maximum atomic E-state index is 13.1. The second-order valence-corrected chi connectivity index (χ2v) is 9.31. The van der Waals surface area contributed by atoms with Crippen molar-refractivity contribution in [3.05, 3.63) is 71.3 Å². The Morgan fingerprint density at radius 2 is 1.56 bits per heavy atom. The van der Waals surface area contributed by atoms with E-state index in [2.05, 4.69) is 12.2 Å². The number of nitrogens with one attached hydrogen (secondary N) is 1. The number of benzene rings is 2. The Bertz CT molecular complexity index is 945. The van der Waals surface area contributed by atoms with Crippen LogP contribution in [-0.4, -0.2) is 42.1 Å². The number of carbonyl (C=O) groups is 3. The van der Waals surface area contributed by atoms with Crippen LogP contribution in [0.5, 0.6) is 0 Å². The predicted octanol–water partition coefficient (Wildman–Crippen LogP) is 5.08. The fourth-order valence-corrected chi connectivity index (χ4v) is 4.84. The zero-order valence-corrected chi connectivity index (χ0v) is 20.6. The van der Waals surface area contributed by atoms with Crippen molar-refractivity contribution in [3.63, 3.8) is 0 Å². The molecule has 34 heavy (non-hydrogen) atoms. The van der Waals surface area contributed by atoms with E-state index in [1.165, 1.54) is 5.56 Å². The number of nitrogens with zero attached hydrogens (tertiary/aromatic N) is 1. The van der Waals surface area contributed by atoms with Gasteiger partial charge in [-0.15, -0.1) is 0 Å². The number of carbonyl (C=O) groups excluding carboxylic acids is 3. The maximum absolute atomic E-state index is 13.1. The van der Waals surface area contributed by atoms with Gasteiger partial charge in [0.15, 0.2) is 0 Å². The first-order valence-electron chi connectivity index (χ1n) is 12.7. The second kappa shape index (κ2) is 12.5. The Hall–Kier alpha value is -2.95. The molecule has 0 radical (unpaired) electrons. The molecule has 5 nitrogen and oxygen atoms in total. The van der Waals surface area contributed by atoms with Crippen LogP contribution in [-0.2, 0) is 21.4 Å². The summed E-state index contributed by atoms with van der Waals surface area (Å²) in [5, 5.41) is 2.87. The summed E-state index contributed by atoms with van der Waals surface area (Å²) in [4.78, 5) is 40.2. The van der Waals surface area contributed by atoms with E-state index in [1.54, 1.807) is 0 Å². The number of piperidine rings is 1. The number of aryl methyl sites for hydroxylation is 1. The lowest BCUT2D eigenvalue weighted by atomic mass is 9.68. The van der Waals surface area contributed by atoms with Gasteiger partial charge in [-0.25, -0.2) is 0 Å². The van der Waals surface area contributed by atoms with Crippen molar-refractivity contribution >= 4 is 17.6 Å². The van der Waals surface area contributed by atoms with Gasteiger partial charge in [-0.05, 0) is 55.4 Å². The average Bonchev–Trinajstić information content (AvgIpc) is 2.88. The van der Waals surface area contributed by atoms with Gasteiger partial charge in [0.1, 0.15) is 5.78 Å². The fraction of sp³-hybridized carbons (Fsp3) is 0.483. The molecule has 0 spiro atoms. The summed E-state index contributed by atoms with van der Waals surface area (Å²) in [7, 11) is 0. The molecule has 0 bridgehead atoms. The molecule has 1 aliphatic heterocycles. The first-order chi connectivity index (χ1) is 16.5. The van der Waals surface area contributed by atoms with Crippen LogP contribution in [0.25, 0.3) is 0 Å². The molecular weight excluding hydrogens is 424 g/mol. The van der Waals surface area contributed by atoms with E-state index in [1.807, 2.05) is 66.4 Å². The Labute approximate surface area is 203 Å². The molecule has 2 amide bonds. The molecule has 0 unspecified atom stereocenters. The molecule has 1 N–H and O–H groups in total. The van der Waals surface area contributed by atoms with Crippen LogP contribution in [0, 0.1) is 0 Å². The largest absolute Gasteiger partial charge is 0.352 e. The molecule has 5 heteroatoms. The molecule has 1 aliphatic rings. The van der Waals surface area contributed by atoms with Crippen LogP contribution in [0.1, 0.15) is 80.3 Å². The molecular formula is C29H38N2O3. The summed E-state index contributed by atoms with van der Waals surface area (Å²) in [5.74, 6) is 0.155. The molecule has 1 heterocycles. The SMILES string of the molecule is CCCCc1ccc(C(=O)NCCC(=O)N2CCC(C(=O)CCC)(c3ccccc3)CC2)cc1. The van der Waals surface area contributed by atoms with E-state index in [-0.39, 0.29) is 24.0 Å². The van der Waals surface area contributed by atoms with Gasteiger partial charge < -0.3 is 10.2 Å². The van der Waals surface area contributed by atoms with Crippen molar-refractivity contribution < 1.29 is 14.4 Å². The molecule has 1 fully saturated rings. The molecule has 2 aromatic carbocycles. The Balaban J connectivity index is 1.50. The smallest absolute Gasteiger partial charge is 0.251 e. The summed E-state index contributed by atoms with van der Waals surface area (Å²) < 4.78 is 0. The number of hydrogen-bond acceptors (Lipinski definition) is 3. The maximum Gasteiger partial charge on any atom is 0.251 e. The minimum atomic E-state index is -0.494. The standard InChI is InChI=1S/C29H38N2O3/c1-3-5-10-23-13-15-24(16-14-23)28(34)30-20-17-27(33)31-21-18-29(19-22-31,26(32)9-4-2)25-11-7-6-8-12-25/h6-8,11-16H,3-5,9-10,17-22H2,1-2H3,(H,30,34). The number of likely N-dealkylation sites (tertiary alicyclic amines) is 1. The lowest BCUT2D eigenvalue weighted by molar-refractivity contribution is -0.136. The highest BCUT2D eigenvalue weighted by Crippen LogP contribution is 2.37. The van der Waals surface area contributed by atoms with E-state index in [0.717, 1.165) is 31.2 Å². The monoisotopic (exact) mass is 462 g/mol. The van der Waals surface area contributed by atoms with Gasteiger partial charge in [0.25, 0.3) is 5.91 Å². The number of ketones is 1. The average molecular weight is 463 g/mol. The molecule has 182 valence electrons. The highest BCUT2D eigenvalue weighted by Gasteiger charge is 2.42. The van der Waals surface area contributed by atoms with Gasteiger partial charge in [-0.3, -0.25) is 14.4 Å². The summed E-state index contributed by atoms with van der Waals surface area (Å²) in [6, 6.07) is 17.7. The van der Waals surface area contributed by atoms with Crippen molar-refractivity contribution in [1.29, 1.82) is 0 Å². The number of amides is 2. The van der Waals surface area contributed by atoms with Gasteiger partial charge >= 0.3 is 0 Å². The Kier molecular flexibility index (Phi) is 9.43. The van der Waals surface area contributed by atoms with Gasteiger partial charge in [0, 0.05) is 38.0 Å². The van der Waals surface area contributed by atoms with Gasteiger partial charge in [-0.1, -0.05) is 62.7 Å². The zero-order valence-electron chi connectivity index (χ0n) is 20.6. The highest BCUT2D eigenvalue weighted by molar-refractivity contribution is 5.94. The second-order valence-electron chi connectivity index (χ2n) is 9.31. The third kappa shape index (κ3) is 6.34. The predicted molar refractivity (Wildman–Crippen MR) is 136 cm³/mol. The number of unbranched alkanes of at least 4 members (excludes halogenated alkanes) is 1. The Morgan fingerprint density at radius 1 is 0.882 bits per heavy atom. The van der Waals surface area contributed by atoms with E-state index in [0.29, 0.717) is 44.5 Å². The Morgan fingerprint density at radius 3 is 2.18 bits per heavy atom. The molecule has 0 saturated carbocycles. The number of rotatable bonds is 11. The molecule has 0 aliphatic carbocycles. The minimum absolute atomic E-state index is 0.0276.